The van der Waals surface area contributed by atoms with Gasteiger partial charge in [-0.3, -0.25) is 0 Å². The molecule has 0 aliphatic heterocycles. The molecule has 6 nitrogen and oxygen atoms in total. The van der Waals surface area contributed by atoms with E-state index in [0.717, 1.165) is 11.8 Å². The van der Waals surface area contributed by atoms with Crippen LogP contribution in [0.3, 0.4) is 0 Å². The lowest BCUT2D eigenvalue weighted by Gasteiger charge is -2.10. The van der Waals surface area contributed by atoms with Gasteiger partial charge in [0.15, 0.2) is 5.82 Å². The molecule has 0 aliphatic carbocycles. The number of nitrogens with zero attached hydrogens (tertiary/aromatic N) is 2. The first-order valence-electron chi connectivity index (χ1n) is 8.52. The lowest BCUT2D eigenvalue weighted by atomic mass is 10.1. The molecule has 0 saturated heterocycles. The van der Waals surface area contributed by atoms with E-state index < -0.39 is 17.4 Å². The zero-order chi connectivity index (χ0) is 19.7. The number of fused-ring (bicyclic) bond motifs is 1. The number of aryl methyl sites for hydroxylation is 1. The van der Waals surface area contributed by atoms with Crippen molar-refractivity contribution >= 4 is 16.9 Å². The minimum Gasteiger partial charge on any atom is -0.454 e. The molecule has 4 aromatic rings. The topological polar surface area (TPSA) is 74.3 Å². The minimum absolute atomic E-state index is 0.0821. The van der Waals surface area contributed by atoms with Gasteiger partial charge in [0.1, 0.15) is 23.6 Å². The Hall–Kier alpha value is -3.74. The summed E-state index contributed by atoms with van der Waals surface area (Å²) < 4.78 is 25.5. The molecule has 0 unspecified atom stereocenters. The number of carbonyl (C=O) groups is 1. The first-order chi connectivity index (χ1) is 13.5. The quantitative estimate of drug-likeness (QED) is 0.399. The summed E-state index contributed by atoms with van der Waals surface area (Å²) in [4.78, 5) is 29.0. The maximum atomic E-state index is 13.4. The van der Waals surface area contributed by atoms with Gasteiger partial charge < -0.3 is 13.7 Å². The second-order valence-corrected chi connectivity index (χ2v) is 6.16. The van der Waals surface area contributed by atoms with Crippen molar-refractivity contribution in [2.45, 2.75) is 13.5 Å². The summed E-state index contributed by atoms with van der Waals surface area (Å²) in [6.45, 7) is 1.47. The Kier molecular flexibility index (Phi) is 4.49. The Labute approximate surface area is 158 Å². The van der Waals surface area contributed by atoms with Crippen LogP contribution in [0.15, 0.2) is 70.1 Å². The SMILES string of the molecule is Cc1c(C(=O)OCc2nccn2-c2ccccc2)c(=O)oc2cc(F)ccc12. The molecular weight excluding hydrogens is 363 g/mol. The largest absolute Gasteiger partial charge is 0.454 e. The van der Waals surface area contributed by atoms with Gasteiger partial charge in [-0.05, 0) is 36.8 Å². The lowest BCUT2D eigenvalue weighted by Crippen LogP contribution is -2.19. The van der Waals surface area contributed by atoms with Gasteiger partial charge in [-0.1, -0.05) is 18.2 Å². The molecule has 2 aromatic heterocycles. The van der Waals surface area contributed by atoms with Crippen LogP contribution in [0.25, 0.3) is 16.7 Å². The maximum absolute atomic E-state index is 13.4. The Balaban J connectivity index is 1.61. The average molecular weight is 378 g/mol. The van der Waals surface area contributed by atoms with Crippen molar-refractivity contribution < 1.29 is 18.3 Å². The number of ether oxygens (including phenoxy) is 1. The van der Waals surface area contributed by atoms with Crippen LogP contribution in [0, 0.1) is 12.7 Å². The normalized spacial score (nSPS) is 10.9. The predicted octanol–water partition coefficient (Wildman–Crippen LogP) is 3.78. The van der Waals surface area contributed by atoms with Crippen molar-refractivity contribution in [2.24, 2.45) is 0 Å². The first kappa shape index (κ1) is 17.7. The third-order valence-electron chi connectivity index (χ3n) is 4.42. The monoisotopic (exact) mass is 378 g/mol. The number of aromatic nitrogens is 2. The molecule has 2 heterocycles. The number of hydrogen-bond acceptors (Lipinski definition) is 5. The highest BCUT2D eigenvalue weighted by molar-refractivity contribution is 5.95. The van der Waals surface area contributed by atoms with Crippen molar-refractivity contribution in [3.05, 3.63) is 94.1 Å². The predicted molar refractivity (Wildman–Crippen MR) is 99.9 cm³/mol. The van der Waals surface area contributed by atoms with E-state index in [-0.39, 0.29) is 17.8 Å². The number of rotatable bonds is 4. The molecule has 0 amide bonds. The molecule has 0 atom stereocenters. The second kappa shape index (κ2) is 7.11. The minimum atomic E-state index is -0.869. The highest BCUT2D eigenvalue weighted by Crippen LogP contribution is 2.21. The zero-order valence-electron chi connectivity index (χ0n) is 14.9. The molecule has 0 radical (unpaired) electrons. The zero-order valence-corrected chi connectivity index (χ0v) is 14.9. The molecule has 0 saturated carbocycles. The first-order valence-corrected chi connectivity index (χ1v) is 8.52. The van der Waals surface area contributed by atoms with Crippen LogP contribution in [-0.4, -0.2) is 15.5 Å². The summed E-state index contributed by atoms with van der Waals surface area (Å²) in [5.41, 5.74) is 0.250. The van der Waals surface area contributed by atoms with Gasteiger partial charge in [-0.25, -0.2) is 19.0 Å². The molecule has 0 spiro atoms. The van der Waals surface area contributed by atoms with E-state index in [0.29, 0.717) is 16.8 Å². The molecule has 0 aliphatic rings. The molecule has 7 heteroatoms. The van der Waals surface area contributed by atoms with Gasteiger partial charge >= 0.3 is 11.6 Å². The number of hydrogen-bond donors (Lipinski definition) is 0. The van der Waals surface area contributed by atoms with E-state index in [1.165, 1.54) is 12.1 Å². The lowest BCUT2D eigenvalue weighted by molar-refractivity contribution is 0.0455. The highest BCUT2D eigenvalue weighted by atomic mass is 19.1. The summed E-state index contributed by atoms with van der Waals surface area (Å²) >= 11 is 0. The van der Waals surface area contributed by atoms with Crippen LogP contribution >= 0.6 is 0 Å². The molecule has 0 N–H and O–H groups in total. The average Bonchev–Trinajstić information content (AvgIpc) is 3.15. The van der Waals surface area contributed by atoms with E-state index >= 15 is 0 Å². The fourth-order valence-corrected chi connectivity index (χ4v) is 3.03. The van der Waals surface area contributed by atoms with Crippen LogP contribution in [0.4, 0.5) is 4.39 Å². The van der Waals surface area contributed by atoms with E-state index in [4.69, 9.17) is 9.15 Å². The molecular formula is C21H15FN2O4. The standard InChI is InChI=1S/C21H15FN2O4/c1-13-16-8-7-14(22)11-17(16)28-21(26)19(13)20(25)27-12-18-23-9-10-24(18)15-5-3-2-4-6-15/h2-11H,12H2,1H3. The number of halogens is 1. The number of para-hydroxylation sites is 1. The summed E-state index contributed by atoms with van der Waals surface area (Å²) in [5, 5.41) is 0.471. The molecule has 4 rings (SSSR count). The van der Waals surface area contributed by atoms with Crippen LogP contribution in [0.5, 0.6) is 0 Å². The Morgan fingerprint density at radius 3 is 2.79 bits per heavy atom. The number of esters is 1. The third-order valence-corrected chi connectivity index (χ3v) is 4.42. The van der Waals surface area contributed by atoms with E-state index in [9.17, 15) is 14.0 Å². The fourth-order valence-electron chi connectivity index (χ4n) is 3.03. The van der Waals surface area contributed by atoms with Gasteiger partial charge in [-0.2, -0.15) is 0 Å². The van der Waals surface area contributed by atoms with Gasteiger partial charge in [0.25, 0.3) is 0 Å². The van der Waals surface area contributed by atoms with E-state index in [1.807, 2.05) is 30.3 Å². The van der Waals surface area contributed by atoms with Gasteiger partial charge in [0, 0.05) is 29.5 Å². The number of carbonyl (C=O) groups excluding carboxylic acids is 1. The van der Waals surface area contributed by atoms with Crippen LogP contribution in [0.1, 0.15) is 21.7 Å². The Bertz CT molecular complexity index is 1230. The van der Waals surface area contributed by atoms with Gasteiger partial charge in [-0.15, -0.1) is 0 Å². The van der Waals surface area contributed by atoms with Crippen molar-refractivity contribution in [3.8, 4) is 5.69 Å². The fraction of sp³-hybridized carbons (Fsp3) is 0.0952. The molecule has 28 heavy (non-hydrogen) atoms. The molecule has 0 bridgehead atoms. The van der Waals surface area contributed by atoms with Crippen molar-refractivity contribution in [3.63, 3.8) is 0 Å². The van der Waals surface area contributed by atoms with Crippen molar-refractivity contribution in [1.82, 2.24) is 9.55 Å². The summed E-state index contributed by atoms with van der Waals surface area (Å²) in [6.07, 6.45) is 3.35. The van der Waals surface area contributed by atoms with Gasteiger partial charge in [0.2, 0.25) is 0 Å². The van der Waals surface area contributed by atoms with Crippen molar-refractivity contribution in [2.75, 3.05) is 0 Å². The summed E-state index contributed by atoms with van der Waals surface area (Å²) in [6, 6.07) is 13.3. The Morgan fingerprint density at radius 2 is 2.00 bits per heavy atom. The summed E-state index contributed by atoms with van der Waals surface area (Å²) in [7, 11) is 0. The highest BCUT2D eigenvalue weighted by Gasteiger charge is 2.21. The van der Waals surface area contributed by atoms with Crippen LogP contribution < -0.4 is 5.63 Å². The van der Waals surface area contributed by atoms with Crippen LogP contribution in [-0.2, 0) is 11.3 Å². The number of benzene rings is 2. The number of imidazole rings is 1. The van der Waals surface area contributed by atoms with E-state index in [1.54, 1.807) is 23.9 Å². The third kappa shape index (κ3) is 3.18. The van der Waals surface area contributed by atoms with Crippen molar-refractivity contribution in [1.29, 1.82) is 0 Å². The molecule has 140 valence electrons. The van der Waals surface area contributed by atoms with E-state index in [2.05, 4.69) is 4.98 Å². The molecule has 0 fully saturated rings. The van der Waals surface area contributed by atoms with Gasteiger partial charge in [0.05, 0.1) is 0 Å². The smallest absolute Gasteiger partial charge is 0.351 e. The van der Waals surface area contributed by atoms with Crippen LogP contribution in [0.2, 0.25) is 0 Å². The second-order valence-electron chi connectivity index (χ2n) is 6.16. The summed E-state index contributed by atoms with van der Waals surface area (Å²) in [5.74, 6) is -0.845. The maximum Gasteiger partial charge on any atom is 0.351 e. The Morgan fingerprint density at radius 1 is 1.21 bits per heavy atom. The molecule has 2 aromatic carbocycles.